The molecule has 0 amide bonds. The van der Waals surface area contributed by atoms with Gasteiger partial charge in [0.05, 0.1) is 0 Å². The van der Waals surface area contributed by atoms with E-state index >= 15 is 0 Å². The number of pyridine rings is 2. The zero-order chi connectivity index (χ0) is 12.6. The maximum absolute atomic E-state index is 9.43. The van der Waals surface area contributed by atoms with Crippen molar-refractivity contribution in [3.63, 3.8) is 0 Å². The lowest BCUT2D eigenvalue weighted by molar-refractivity contribution is -0.884. The van der Waals surface area contributed by atoms with Gasteiger partial charge in [-0.3, -0.25) is 5.21 Å². The molecule has 0 bridgehead atoms. The first-order valence-electron chi connectivity index (χ1n) is 5.73. The highest BCUT2D eigenvalue weighted by atomic mass is 16.5. The smallest absolute Gasteiger partial charge is 0.282 e. The predicted molar refractivity (Wildman–Crippen MR) is 66.6 cm³/mol. The fourth-order valence-electron chi connectivity index (χ4n) is 1.23. The van der Waals surface area contributed by atoms with Crippen LogP contribution in [0.3, 0.4) is 0 Å². The number of rotatable bonds is 0. The summed E-state index contributed by atoms with van der Waals surface area (Å²) >= 11 is 0. The van der Waals surface area contributed by atoms with Crippen LogP contribution >= 0.6 is 0 Å². The van der Waals surface area contributed by atoms with E-state index < -0.39 is 0 Å². The van der Waals surface area contributed by atoms with Gasteiger partial charge in [-0.05, 0) is 19.1 Å². The average Bonchev–Trinajstić information content (AvgIpc) is 2.34. The summed E-state index contributed by atoms with van der Waals surface area (Å²) in [5.41, 5.74) is 2.52. The van der Waals surface area contributed by atoms with Crippen LogP contribution < -0.4 is 4.73 Å². The van der Waals surface area contributed by atoms with E-state index in [0.29, 0.717) is 0 Å². The molecule has 0 saturated carbocycles. The van der Waals surface area contributed by atoms with Gasteiger partial charge >= 0.3 is 0 Å². The van der Waals surface area contributed by atoms with Crippen LogP contribution in [-0.4, -0.2) is 10.2 Å². The van der Waals surface area contributed by atoms with Gasteiger partial charge in [0.1, 0.15) is 5.52 Å². The third-order valence-electron chi connectivity index (χ3n) is 1.75. The Labute approximate surface area is 97.3 Å². The lowest BCUT2D eigenvalue weighted by Crippen LogP contribution is -2.30. The largest absolute Gasteiger partial charge is 0.284 e. The predicted octanol–water partition coefficient (Wildman–Crippen LogP) is 3.12. The van der Waals surface area contributed by atoms with E-state index in [1.54, 1.807) is 18.5 Å². The molecule has 0 fully saturated rings. The van der Waals surface area contributed by atoms with Crippen LogP contribution in [0.25, 0.3) is 11.0 Å². The zero-order valence-electron chi connectivity index (χ0n) is 10.7. The molecule has 0 unspecified atom stereocenters. The topological polar surface area (TPSA) is 37.0 Å². The van der Waals surface area contributed by atoms with Gasteiger partial charge in [-0.1, -0.05) is 27.7 Å². The number of hydrogen-bond donors (Lipinski definition) is 1. The molecule has 0 aliphatic rings. The molecular formula is C13H21N2O+. The number of aromatic nitrogens is 2. The minimum Gasteiger partial charge on any atom is -0.284 e. The van der Waals surface area contributed by atoms with E-state index in [9.17, 15) is 5.21 Å². The van der Waals surface area contributed by atoms with Gasteiger partial charge in [0.25, 0.3) is 5.52 Å². The van der Waals surface area contributed by atoms with Crippen molar-refractivity contribution in [2.75, 3.05) is 0 Å². The van der Waals surface area contributed by atoms with Gasteiger partial charge in [-0.2, -0.15) is 0 Å². The number of aryl methyl sites for hydroxylation is 1. The Balaban J connectivity index is 0.000000509. The number of fused-ring (bicyclic) bond motifs is 1. The molecule has 0 saturated heterocycles. The molecule has 2 aromatic rings. The quantitative estimate of drug-likeness (QED) is 0.548. The van der Waals surface area contributed by atoms with Crippen molar-refractivity contribution in [3.05, 3.63) is 36.2 Å². The summed E-state index contributed by atoms with van der Waals surface area (Å²) in [5.74, 6) is 0. The van der Waals surface area contributed by atoms with E-state index in [0.717, 1.165) is 21.3 Å². The van der Waals surface area contributed by atoms with Gasteiger partial charge < -0.3 is 0 Å². The van der Waals surface area contributed by atoms with Crippen molar-refractivity contribution >= 4 is 11.0 Å². The molecule has 0 aliphatic carbocycles. The summed E-state index contributed by atoms with van der Waals surface area (Å²) in [7, 11) is 0. The average molecular weight is 221 g/mol. The minimum atomic E-state index is 0.725. The zero-order valence-corrected chi connectivity index (χ0v) is 10.7. The Kier molecular flexibility index (Phi) is 6.84. The third-order valence-corrected chi connectivity index (χ3v) is 1.75. The maximum atomic E-state index is 9.43. The highest BCUT2D eigenvalue weighted by Crippen LogP contribution is 2.06. The highest BCUT2D eigenvalue weighted by Gasteiger charge is 2.07. The maximum Gasteiger partial charge on any atom is 0.282 e. The summed E-state index contributed by atoms with van der Waals surface area (Å²) in [6.07, 6.45) is 3.37. The van der Waals surface area contributed by atoms with Crippen LogP contribution in [0, 0.1) is 6.92 Å². The molecule has 2 aromatic heterocycles. The molecule has 2 heterocycles. The second kappa shape index (κ2) is 7.63. The lowest BCUT2D eigenvalue weighted by Gasteiger charge is -1.93. The van der Waals surface area contributed by atoms with Crippen LogP contribution in [-0.2, 0) is 0 Å². The van der Waals surface area contributed by atoms with E-state index in [4.69, 9.17) is 0 Å². The van der Waals surface area contributed by atoms with Crippen molar-refractivity contribution in [1.29, 1.82) is 0 Å². The Morgan fingerprint density at radius 1 is 1.19 bits per heavy atom. The Morgan fingerprint density at radius 2 is 1.81 bits per heavy atom. The minimum absolute atomic E-state index is 0.725. The second-order valence-electron chi connectivity index (χ2n) is 2.77. The Hall–Kier alpha value is -1.64. The van der Waals surface area contributed by atoms with Gasteiger partial charge in [0, 0.05) is 22.6 Å². The standard InChI is InChI=1S/C9H9N2O.2C2H6/c1-7-5-8-9(11(12)6-7)3-2-4-10-8;2*1-2/h2-6,12H,1H3;2*1-2H3/q+1;;. The fraction of sp³-hybridized carbons (Fsp3) is 0.385. The summed E-state index contributed by atoms with van der Waals surface area (Å²) in [5, 5.41) is 9.43. The summed E-state index contributed by atoms with van der Waals surface area (Å²) in [4.78, 5) is 4.12. The van der Waals surface area contributed by atoms with Crippen molar-refractivity contribution in [3.8, 4) is 0 Å². The molecule has 0 aromatic carbocycles. The Bertz CT molecular complexity index is 427. The van der Waals surface area contributed by atoms with Gasteiger partial charge in [-0.15, -0.1) is 0 Å². The number of nitrogens with zero attached hydrogens (tertiary/aromatic N) is 2. The van der Waals surface area contributed by atoms with E-state index in [-0.39, 0.29) is 0 Å². The van der Waals surface area contributed by atoms with Crippen LogP contribution in [0.2, 0.25) is 0 Å². The van der Waals surface area contributed by atoms with Crippen molar-refractivity contribution in [2.24, 2.45) is 0 Å². The molecule has 88 valence electrons. The van der Waals surface area contributed by atoms with Crippen LogP contribution in [0.4, 0.5) is 0 Å². The van der Waals surface area contributed by atoms with E-state index in [1.165, 1.54) is 0 Å². The Morgan fingerprint density at radius 3 is 2.44 bits per heavy atom. The SMILES string of the molecule is CC.CC.Cc1cc2ncccc2[n+](O)c1. The molecule has 0 spiro atoms. The van der Waals surface area contributed by atoms with E-state index in [2.05, 4.69) is 4.98 Å². The first-order chi connectivity index (χ1) is 7.77. The summed E-state index contributed by atoms with van der Waals surface area (Å²) < 4.78 is 1.09. The van der Waals surface area contributed by atoms with Gasteiger partial charge in [-0.25, -0.2) is 4.98 Å². The molecule has 0 radical (unpaired) electrons. The highest BCUT2D eigenvalue weighted by molar-refractivity contribution is 5.70. The third kappa shape index (κ3) is 3.50. The lowest BCUT2D eigenvalue weighted by atomic mass is 10.2. The molecule has 16 heavy (non-hydrogen) atoms. The molecule has 1 N–H and O–H groups in total. The van der Waals surface area contributed by atoms with Crippen LogP contribution in [0.1, 0.15) is 33.3 Å². The molecule has 2 rings (SSSR count). The van der Waals surface area contributed by atoms with E-state index in [1.807, 2.05) is 46.8 Å². The van der Waals surface area contributed by atoms with Crippen LogP contribution in [0.5, 0.6) is 0 Å². The number of hydrogen-bond acceptors (Lipinski definition) is 2. The molecule has 3 heteroatoms. The van der Waals surface area contributed by atoms with Crippen molar-refractivity contribution in [2.45, 2.75) is 34.6 Å². The van der Waals surface area contributed by atoms with Crippen molar-refractivity contribution < 1.29 is 9.94 Å². The van der Waals surface area contributed by atoms with Crippen LogP contribution in [0.15, 0.2) is 30.6 Å². The summed E-state index contributed by atoms with van der Waals surface area (Å²) in [6.45, 7) is 9.92. The van der Waals surface area contributed by atoms with Gasteiger partial charge in [0.2, 0.25) is 6.20 Å². The molecular weight excluding hydrogens is 200 g/mol. The fourth-order valence-corrected chi connectivity index (χ4v) is 1.23. The first kappa shape index (κ1) is 14.4. The second-order valence-corrected chi connectivity index (χ2v) is 2.77. The van der Waals surface area contributed by atoms with Gasteiger partial charge in [0.15, 0.2) is 0 Å². The molecule has 3 nitrogen and oxygen atoms in total. The summed E-state index contributed by atoms with van der Waals surface area (Å²) in [6, 6.07) is 5.55. The normalized spacial score (nSPS) is 8.56. The van der Waals surface area contributed by atoms with Crippen molar-refractivity contribution in [1.82, 2.24) is 4.98 Å². The molecule has 0 atom stereocenters. The monoisotopic (exact) mass is 221 g/mol. The first-order valence-corrected chi connectivity index (χ1v) is 5.73. The molecule has 0 aliphatic heterocycles.